The zero-order valence-corrected chi connectivity index (χ0v) is 13.9. The lowest BCUT2D eigenvalue weighted by molar-refractivity contribution is -0.505. The summed E-state index contributed by atoms with van der Waals surface area (Å²) in [5, 5.41) is 3.45. The molecule has 0 saturated carbocycles. The van der Waals surface area contributed by atoms with Gasteiger partial charge in [0.2, 0.25) is 5.84 Å². The molecule has 0 fully saturated rings. The Kier molecular flexibility index (Phi) is 4.06. The van der Waals surface area contributed by atoms with Gasteiger partial charge in [0.1, 0.15) is 6.54 Å². The quantitative estimate of drug-likeness (QED) is 0.755. The Labute approximate surface area is 133 Å². The van der Waals surface area contributed by atoms with Crippen molar-refractivity contribution in [3.05, 3.63) is 27.2 Å². The summed E-state index contributed by atoms with van der Waals surface area (Å²) in [5.74, 6) is 1.25. The van der Waals surface area contributed by atoms with Crippen LogP contribution in [-0.2, 0) is 20.6 Å². The lowest BCUT2D eigenvalue weighted by Gasteiger charge is -2.14. The van der Waals surface area contributed by atoms with Crippen LogP contribution in [0.2, 0.25) is 0 Å². The normalized spacial score (nSPS) is 15.4. The fourth-order valence-electron chi connectivity index (χ4n) is 3.08. The van der Waals surface area contributed by atoms with Gasteiger partial charge in [-0.15, -0.1) is 0 Å². The number of hydrogen-bond acceptors (Lipinski definition) is 4. The van der Waals surface area contributed by atoms with Gasteiger partial charge in [-0.2, -0.15) is 0 Å². The molecule has 0 spiro atoms. The molecule has 8 nitrogen and oxygen atoms in total. The minimum absolute atomic E-state index is 0.303. The Balaban J connectivity index is 1.84. The predicted octanol–water partition coefficient (Wildman–Crippen LogP) is -0.752. The van der Waals surface area contributed by atoms with Crippen LogP contribution in [0.25, 0.3) is 11.2 Å². The van der Waals surface area contributed by atoms with Gasteiger partial charge in [-0.05, 0) is 12.8 Å². The molecule has 0 radical (unpaired) electrons. The number of fused-ring (bicyclic) bond motifs is 1. The van der Waals surface area contributed by atoms with E-state index in [1.165, 1.54) is 30.3 Å². The van der Waals surface area contributed by atoms with E-state index in [2.05, 4.69) is 21.9 Å². The van der Waals surface area contributed by atoms with E-state index in [-0.39, 0.29) is 11.2 Å². The standard InChI is InChI=1S/C15H22N6O2/c1-18-8-5-4-6-11(18)16-7-9-21-10-17-13-12(21)14(22)20(3)15(23)19(13)2/h10H,4-9H2,1-3H3/p+1. The van der Waals surface area contributed by atoms with Gasteiger partial charge >= 0.3 is 5.69 Å². The largest absolute Gasteiger partial charge is 0.332 e. The van der Waals surface area contributed by atoms with E-state index in [9.17, 15) is 9.59 Å². The summed E-state index contributed by atoms with van der Waals surface area (Å²) in [6.07, 6.45) is 5.14. The van der Waals surface area contributed by atoms with Crippen molar-refractivity contribution in [2.75, 3.05) is 20.1 Å². The van der Waals surface area contributed by atoms with Crippen molar-refractivity contribution in [3.63, 3.8) is 0 Å². The van der Waals surface area contributed by atoms with Gasteiger partial charge in [-0.25, -0.2) is 9.78 Å². The first-order valence-corrected chi connectivity index (χ1v) is 7.92. The second kappa shape index (κ2) is 6.02. The second-order valence-electron chi connectivity index (χ2n) is 6.07. The molecule has 3 rings (SSSR count). The average Bonchev–Trinajstić information content (AvgIpc) is 2.97. The van der Waals surface area contributed by atoms with E-state index in [0.29, 0.717) is 17.7 Å². The third-order valence-electron chi connectivity index (χ3n) is 4.52. The van der Waals surface area contributed by atoms with E-state index in [1.54, 1.807) is 13.4 Å². The SMILES string of the molecule is Cn1c(=O)c2c(ncn2CCNC2=[N+](C)CCCC2)n(C)c1=O. The highest BCUT2D eigenvalue weighted by atomic mass is 16.2. The smallest absolute Gasteiger partial charge is 0.321 e. The average molecular weight is 319 g/mol. The van der Waals surface area contributed by atoms with Crippen LogP contribution < -0.4 is 16.6 Å². The Hall–Kier alpha value is -2.38. The summed E-state index contributed by atoms with van der Waals surface area (Å²) in [5.41, 5.74) is 0.243. The molecule has 2 aromatic rings. The number of nitrogens with zero attached hydrogens (tertiary/aromatic N) is 5. The molecule has 0 aliphatic carbocycles. The number of aromatic nitrogens is 4. The molecule has 0 bridgehead atoms. The molecular weight excluding hydrogens is 296 g/mol. The number of aryl methyl sites for hydroxylation is 1. The molecule has 0 amide bonds. The van der Waals surface area contributed by atoms with Crippen molar-refractivity contribution >= 4 is 17.0 Å². The molecule has 0 unspecified atom stereocenters. The Bertz CT molecular complexity index is 886. The van der Waals surface area contributed by atoms with E-state index >= 15 is 0 Å². The fourth-order valence-corrected chi connectivity index (χ4v) is 3.08. The first kappa shape index (κ1) is 15.5. The van der Waals surface area contributed by atoms with E-state index in [0.717, 1.165) is 24.1 Å². The third kappa shape index (κ3) is 2.69. The van der Waals surface area contributed by atoms with Crippen LogP contribution in [0.3, 0.4) is 0 Å². The zero-order valence-electron chi connectivity index (χ0n) is 13.9. The Morgan fingerprint density at radius 3 is 2.78 bits per heavy atom. The summed E-state index contributed by atoms with van der Waals surface area (Å²) < 4.78 is 6.59. The predicted molar refractivity (Wildman–Crippen MR) is 88.1 cm³/mol. The van der Waals surface area contributed by atoms with Gasteiger partial charge in [0, 0.05) is 20.5 Å². The highest BCUT2D eigenvalue weighted by Gasteiger charge is 2.17. The Morgan fingerprint density at radius 2 is 2.04 bits per heavy atom. The summed E-state index contributed by atoms with van der Waals surface area (Å²) in [7, 11) is 5.22. The topological polar surface area (TPSA) is 76.9 Å². The number of nitrogens with one attached hydrogen (secondary N) is 1. The minimum Gasteiger partial charge on any atom is -0.321 e. The van der Waals surface area contributed by atoms with Crippen LogP contribution in [0.1, 0.15) is 19.3 Å². The summed E-state index contributed by atoms with van der Waals surface area (Å²) in [6.45, 7) is 2.43. The molecule has 0 saturated heterocycles. The van der Waals surface area contributed by atoms with Crippen LogP contribution in [-0.4, -0.2) is 49.2 Å². The molecule has 1 aliphatic rings. The second-order valence-corrected chi connectivity index (χ2v) is 6.07. The third-order valence-corrected chi connectivity index (χ3v) is 4.52. The van der Waals surface area contributed by atoms with Crippen LogP contribution in [0, 0.1) is 0 Å². The highest BCUT2D eigenvalue weighted by molar-refractivity contribution is 5.77. The van der Waals surface area contributed by atoms with Crippen molar-refractivity contribution < 1.29 is 4.58 Å². The molecular formula is C15H23N6O2+. The first-order valence-electron chi connectivity index (χ1n) is 7.92. The van der Waals surface area contributed by atoms with Crippen molar-refractivity contribution in [2.24, 2.45) is 14.1 Å². The maximum atomic E-state index is 12.4. The summed E-state index contributed by atoms with van der Waals surface area (Å²) in [6, 6.07) is 0. The lowest BCUT2D eigenvalue weighted by atomic mass is 10.1. The van der Waals surface area contributed by atoms with Crippen LogP contribution in [0.5, 0.6) is 0 Å². The van der Waals surface area contributed by atoms with Gasteiger partial charge < -0.3 is 4.57 Å². The van der Waals surface area contributed by atoms with E-state index in [4.69, 9.17) is 0 Å². The minimum atomic E-state index is -0.356. The van der Waals surface area contributed by atoms with Gasteiger partial charge in [-0.1, -0.05) is 0 Å². The number of hydrogen-bond donors (Lipinski definition) is 1. The van der Waals surface area contributed by atoms with Crippen LogP contribution in [0.4, 0.5) is 0 Å². The Morgan fingerprint density at radius 1 is 1.26 bits per heavy atom. The molecule has 0 aromatic carbocycles. The van der Waals surface area contributed by atoms with E-state index in [1.807, 2.05) is 4.57 Å². The molecule has 0 atom stereocenters. The van der Waals surface area contributed by atoms with Crippen molar-refractivity contribution in [1.82, 2.24) is 24.0 Å². The molecule has 8 heteroatoms. The van der Waals surface area contributed by atoms with Gasteiger partial charge in [0.15, 0.2) is 11.2 Å². The van der Waals surface area contributed by atoms with Crippen molar-refractivity contribution in [2.45, 2.75) is 25.8 Å². The monoisotopic (exact) mass is 319 g/mol. The van der Waals surface area contributed by atoms with Gasteiger partial charge in [0.05, 0.1) is 26.5 Å². The first-order chi connectivity index (χ1) is 11.0. The number of imidazole rings is 1. The molecule has 1 aliphatic heterocycles. The number of rotatable bonds is 3. The zero-order chi connectivity index (χ0) is 16.6. The molecule has 23 heavy (non-hydrogen) atoms. The van der Waals surface area contributed by atoms with Crippen molar-refractivity contribution in [3.8, 4) is 0 Å². The molecule has 1 N–H and O–H groups in total. The molecule has 2 aromatic heterocycles. The highest BCUT2D eigenvalue weighted by Crippen LogP contribution is 2.06. The maximum absolute atomic E-state index is 12.4. The van der Waals surface area contributed by atoms with Crippen LogP contribution >= 0.6 is 0 Å². The fraction of sp³-hybridized carbons (Fsp3) is 0.600. The summed E-state index contributed by atoms with van der Waals surface area (Å²) in [4.78, 5) is 28.5. The van der Waals surface area contributed by atoms with Crippen LogP contribution in [0.15, 0.2) is 15.9 Å². The van der Waals surface area contributed by atoms with Crippen molar-refractivity contribution in [1.29, 1.82) is 0 Å². The van der Waals surface area contributed by atoms with E-state index < -0.39 is 0 Å². The summed E-state index contributed by atoms with van der Waals surface area (Å²) >= 11 is 0. The molecule has 3 heterocycles. The van der Waals surface area contributed by atoms with Gasteiger partial charge in [0.25, 0.3) is 5.56 Å². The number of amidine groups is 1. The molecule has 124 valence electrons. The maximum Gasteiger partial charge on any atom is 0.332 e. The lowest BCUT2D eigenvalue weighted by Crippen LogP contribution is -2.38. The van der Waals surface area contributed by atoms with Gasteiger partial charge in [-0.3, -0.25) is 23.8 Å².